The van der Waals surface area contributed by atoms with E-state index in [0.717, 1.165) is 11.5 Å². The van der Waals surface area contributed by atoms with Crippen LogP contribution in [0.15, 0.2) is 145 Å². The van der Waals surface area contributed by atoms with E-state index in [0.29, 0.717) is 0 Å². The van der Waals surface area contributed by atoms with Gasteiger partial charge in [0.15, 0.2) is 0 Å². The van der Waals surface area contributed by atoms with Crippen LogP contribution in [0.1, 0.15) is 107 Å². The molecule has 0 N–H and O–H groups in total. The van der Waals surface area contributed by atoms with Crippen molar-refractivity contribution in [3.8, 4) is 33.8 Å². The van der Waals surface area contributed by atoms with Crippen LogP contribution >= 0.6 is 0 Å². The van der Waals surface area contributed by atoms with Crippen LogP contribution in [-0.4, -0.2) is 5.92 Å². The Morgan fingerprint density at radius 3 is 1.20 bits per heavy atom. The van der Waals surface area contributed by atoms with Crippen molar-refractivity contribution >= 4 is 18.1 Å². The van der Waals surface area contributed by atoms with Gasteiger partial charge in [-0.15, -0.1) is 0 Å². The Kier molecular flexibility index (Phi) is 10.9. The third-order valence-corrected chi connectivity index (χ3v) is 50.5. The summed E-state index contributed by atoms with van der Waals surface area (Å²) in [6.45, 7) is 28.3. The van der Waals surface area contributed by atoms with E-state index < -0.39 is 24.7 Å². The van der Waals surface area contributed by atoms with E-state index in [1.807, 2.05) is 0 Å². The Labute approximate surface area is 363 Å². The fraction of sp³-hybridized carbons (Fsp3) is 0.286. The summed E-state index contributed by atoms with van der Waals surface area (Å²) in [5, 5.41) is 0. The Morgan fingerprint density at radius 1 is 0.467 bits per heavy atom. The zero-order chi connectivity index (χ0) is 42.8. The van der Waals surface area contributed by atoms with Gasteiger partial charge in [-0.2, -0.15) is 0 Å². The molecule has 0 aromatic heterocycles. The average molecular weight is 887 g/mol. The van der Waals surface area contributed by atoms with Gasteiger partial charge in [0, 0.05) is 0 Å². The second-order valence-electron chi connectivity index (χ2n) is 20.1. The van der Waals surface area contributed by atoms with Gasteiger partial charge in [0.2, 0.25) is 0 Å². The Hall–Kier alpha value is -4.50. The average Bonchev–Trinajstić information content (AvgIpc) is 3.75. The summed E-state index contributed by atoms with van der Waals surface area (Å²) in [5.41, 5.74) is 17.6. The predicted octanol–water partition coefficient (Wildman–Crippen LogP) is 15.5. The van der Waals surface area contributed by atoms with Crippen LogP contribution in [0.2, 0.25) is 13.1 Å². The summed E-state index contributed by atoms with van der Waals surface area (Å²) in [5.74, 6) is -0.113. The van der Waals surface area contributed by atoms with Crippen LogP contribution in [-0.2, 0) is 29.7 Å². The number of benzene rings is 6. The zero-order valence-corrected chi connectivity index (χ0v) is 41.5. The fourth-order valence-corrected chi connectivity index (χ4v) is 47.0. The van der Waals surface area contributed by atoms with Crippen LogP contribution in [0.3, 0.4) is 0 Å². The molecular formula is C56H63O2SiZr. The van der Waals surface area contributed by atoms with Crippen molar-refractivity contribution in [3.63, 3.8) is 0 Å². The molecule has 60 heavy (non-hydrogen) atoms. The Morgan fingerprint density at radius 2 is 0.850 bits per heavy atom. The van der Waals surface area contributed by atoms with Crippen molar-refractivity contribution in [1.82, 2.24) is 0 Å². The molecule has 307 valence electrons. The summed E-state index contributed by atoms with van der Waals surface area (Å²) < 4.78 is 17.4. The summed E-state index contributed by atoms with van der Waals surface area (Å²) >= 11 is -5.76. The summed E-state index contributed by atoms with van der Waals surface area (Å²) in [6.07, 6.45) is 4.99. The standard InChI is InChI=1S/2C16H13.2C11H16O.C2H7Si.Zr/c2*1-12-10-14-8-5-9-15(16(14)11-12)13-6-3-2-4-7-13;2*1-8-5-6-10(12)9(7-8)11(2,3)4;1-3-2;/h2*2-11H,1H3;2*5-7,12H,1-4H3;3H,1-2H3;/q;;;;;+2/p-2. The van der Waals surface area contributed by atoms with Gasteiger partial charge < -0.3 is 0 Å². The van der Waals surface area contributed by atoms with Crippen molar-refractivity contribution in [2.24, 2.45) is 0 Å². The second kappa shape index (κ2) is 15.4. The van der Waals surface area contributed by atoms with Crippen molar-refractivity contribution in [3.05, 3.63) is 189 Å². The van der Waals surface area contributed by atoms with Crippen LogP contribution < -0.4 is 5.63 Å². The molecule has 0 amide bonds. The molecule has 0 fully saturated rings. The predicted molar refractivity (Wildman–Crippen MR) is 256 cm³/mol. The van der Waals surface area contributed by atoms with Gasteiger partial charge in [0.05, 0.1) is 0 Å². The van der Waals surface area contributed by atoms with Gasteiger partial charge >= 0.3 is 366 Å². The van der Waals surface area contributed by atoms with Gasteiger partial charge in [-0.05, 0) is 0 Å². The van der Waals surface area contributed by atoms with E-state index in [2.05, 4.69) is 228 Å². The minimum absolute atomic E-state index is 0.0558. The van der Waals surface area contributed by atoms with Gasteiger partial charge in [-0.25, -0.2) is 0 Å². The maximum atomic E-state index is 8.75. The molecule has 2 aliphatic rings. The fourth-order valence-electron chi connectivity index (χ4n) is 10.8. The van der Waals surface area contributed by atoms with Crippen LogP contribution in [0.4, 0.5) is 0 Å². The molecule has 2 nitrogen and oxygen atoms in total. The van der Waals surface area contributed by atoms with Crippen molar-refractivity contribution in [1.29, 1.82) is 0 Å². The molecule has 2 aliphatic carbocycles. The molecule has 0 saturated heterocycles. The van der Waals surface area contributed by atoms with Gasteiger partial charge in [-0.3, -0.25) is 0 Å². The molecule has 6 aromatic carbocycles. The molecule has 0 radical (unpaired) electrons. The first-order chi connectivity index (χ1) is 28.4. The van der Waals surface area contributed by atoms with E-state index in [1.54, 1.807) is 0 Å². The first kappa shape index (κ1) is 42.2. The number of rotatable bonds is 9. The third-order valence-electron chi connectivity index (χ3n) is 13.5. The number of fused-ring (bicyclic) bond motifs is 2. The van der Waals surface area contributed by atoms with Gasteiger partial charge in [0.25, 0.3) is 0 Å². The molecule has 8 rings (SSSR count). The summed E-state index contributed by atoms with van der Waals surface area (Å²) in [6, 6.07) is 49.6. The number of hydrogen-bond acceptors (Lipinski definition) is 2. The van der Waals surface area contributed by atoms with E-state index >= 15 is 0 Å². The Bertz CT molecular complexity index is 2480. The number of hydrogen-bond donors (Lipinski definition) is 0. The normalized spacial score (nSPS) is 17.1. The number of allylic oxidation sites excluding steroid dienone is 2. The molecule has 0 heterocycles. The first-order valence-electron chi connectivity index (χ1n) is 21.9. The van der Waals surface area contributed by atoms with Crippen molar-refractivity contribution in [2.75, 3.05) is 0 Å². The molecule has 2 unspecified atom stereocenters. The van der Waals surface area contributed by atoms with Gasteiger partial charge in [-0.1, -0.05) is 0 Å². The van der Waals surface area contributed by atoms with E-state index in [1.165, 1.54) is 77.9 Å². The summed E-state index contributed by atoms with van der Waals surface area (Å²) in [4.78, 5) is 0. The van der Waals surface area contributed by atoms with Crippen molar-refractivity contribution in [2.45, 2.75) is 100 Å². The maximum absolute atomic E-state index is 8.75. The molecule has 0 bridgehead atoms. The zero-order valence-electron chi connectivity index (χ0n) is 37.9. The topological polar surface area (TPSA) is 18.5 Å². The molecule has 0 saturated carbocycles. The molecule has 0 spiro atoms. The molecule has 2 atom stereocenters. The molecule has 0 aliphatic heterocycles. The second-order valence-corrected chi connectivity index (χ2v) is 47.9. The van der Waals surface area contributed by atoms with Crippen molar-refractivity contribution < 1.29 is 24.4 Å². The van der Waals surface area contributed by atoms with E-state index in [4.69, 9.17) is 5.63 Å². The molecule has 4 heteroatoms. The third kappa shape index (κ3) is 6.97. The Balaban J connectivity index is 1.56. The van der Waals surface area contributed by atoms with Crippen LogP contribution in [0.25, 0.3) is 34.4 Å². The monoisotopic (exact) mass is 885 g/mol. The van der Waals surface area contributed by atoms with E-state index in [9.17, 15) is 0 Å². The van der Waals surface area contributed by atoms with Crippen LogP contribution in [0, 0.1) is 13.8 Å². The summed E-state index contributed by atoms with van der Waals surface area (Å²) in [7, 11) is 0. The van der Waals surface area contributed by atoms with E-state index in [-0.39, 0.29) is 18.1 Å². The SMILES string of the molecule is CC1=Cc2c(-c3ccccc3)cccc2[CH]1[Zr]([O]c1ccc(C)cc1C(C)(C)C)([O]c1ccc(C)cc1C(C)(C)C)([CH]1C(C)=Cc2c(-c3ccccc3)cccc21)[SiH](C)C. The quantitative estimate of drug-likeness (QED) is 0.135. The van der Waals surface area contributed by atoms with Crippen LogP contribution in [0.5, 0.6) is 11.5 Å². The van der Waals surface area contributed by atoms with Gasteiger partial charge in [0.1, 0.15) is 0 Å². The number of aryl methyl sites for hydroxylation is 2. The minimum atomic E-state index is -5.76. The first-order valence-corrected chi connectivity index (χ1v) is 33.9. The molecule has 6 aromatic rings. The molecular weight excluding hydrogens is 824 g/mol.